The van der Waals surface area contributed by atoms with Gasteiger partial charge in [-0.15, -0.1) is 23.1 Å². The van der Waals surface area contributed by atoms with E-state index in [0.29, 0.717) is 10.7 Å². The third-order valence-electron chi connectivity index (χ3n) is 3.62. The second-order valence-corrected chi connectivity index (χ2v) is 7.54. The van der Waals surface area contributed by atoms with Crippen LogP contribution in [0.4, 0.5) is 4.39 Å². The Balaban J connectivity index is 2.14. The molecule has 0 fully saturated rings. The maximum Gasteiger partial charge on any atom is 0.124 e. The smallest absolute Gasteiger partial charge is 0.124 e. The molecule has 0 unspecified atom stereocenters. The zero-order valence-electron chi connectivity index (χ0n) is 14.8. The molecule has 2 rings (SSSR count). The van der Waals surface area contributed by atoms with Crippen LogP contribution < -0.4 is 11.5 Å². The number of nitrogens with two attached hydrogens (primary N) is 2. The Bertz CT molecular complexity index is 862. The minimum Gasteiger partial charge on any atom is -0.398 e. The lowest BCUT2D eigenvalue weighted by molar-refractivity contribution is 0.628. The van der Waals surface area contributed by atoms with Crippen molar-refractivity contribution in [3.8, 4) is 10.6 Å². The van der Waals surface area contributed by atoms with Crippen LogP contribution in [-0.2, 0) is 0 Å². The lowest BCUT2D eigenvalue weighted by Gasteiger charge is -2.02. The van der Waals surface area contributed by atoms with Crippen molar-refractivity contribution in [3.05, 3.63) is 82.1 Å². The van der Waals surface area contributed by atoms with Gasteiger partial charge >= 0.3 is 0 Å². The van der Waals surface area contributed by atoms with Gasteiger partial charge in [0.1, 0.15) is 10.8 Å². The van der Waals surface area contributed by atoms with E-state index in [-0.39, 0.29) is 5.82 Å². The van der Waals surface area contributed by atoms with Gasteiger partial charge in [0.2, 0.25) is 0 Å². The van der Waals surface area contributed by atoms with E-state index in [9.17, 15) is 4.39 Å². The highest BCUT2D eigenvalue weighted by Gasteiger charge is 2.11. The molecule has 0 spiro atoms. The molecule has 1 heterocycles. The van der Waals surface area contributed by atoms with Gasteiger partial charge in [-0.3, -0.25) is 0 Å². The van der Waals surface area contributed by atoms with E-state index >= 15 is 0 Å². The molecule has 3 nitrogen and oxygen atoms in total. The second-order valence-electron chi connectivity index (χ2n) is 5.49. The summed E-state index contributed by atoms with van der Waals surface area (Å²) in [6.07, 6.45) is 7.42. The monoisotopic (exact) mass is 387 g/mol. The summed E-state index contributed by atoms with van der Waals surface area (Å²) in [6, 6.07) is 6.27. The van der Waals surface area contributed by atoms with Crippen LogP contribution in [0.15, 0.2) is 65.8 Å². The third-order valence-corrected chi connectivity index (χ3v) is 5.82. The summed E-state index contributed by atoms with van der Waals surface area (Å²) in [5.41, 5.74) is 15.7. The van der Waals surface area contributed by atoms with Gasteiger partial charge in [-0.05, 0) is 55.8 Å². The van der Waals surface area contributed by atoms with Gasteiger partial charge < -0.3 is 11.5 Å². The van der Waals surface area contributed by atoms with Crippen LogP contribution in [0.25, 0.3) is 16.3 Å². The Labute approximate surface area is 162 Å². The number of aromatic nitrogens is 1. The first kappa shape index (κ1) is 20.0. The van der Waals surface area contributed by atoms with Crippen molar-refractivity contribution >= 4 is 28.8 Å². The summed E-state index contributed by atoms with van der Waals surface area (Å²) in [5.74, 6) is 0.502. The van der Waals surface area contributed by atoms with Crippen LogP contribution in [0, 0.1) is 12.7 Å². The molecule has 136 valence electrons. The Morgan fingerprint density at radius 3 is 2.58 bits per heavy atom. The topological polar surface area (TPSA) is 64.9 Å². The molecular weight excluding hydrogens is 365 g/mol. The van der Waals surface area contributed by atoms with Crippen molar-refractivity contribution in [3.63, 3.8) is 0 Å². The zero-order valence-corrected chi connectivity index (χ0v) is 16.5. The first-order valence-electron chi connectivity index (χ1n) is 8.01. The fourth-order valence-electron chi connectivity index (χ4n) is 2.10. The molecule has 0 aliphatic carbocycles. The van der Waals surface area contributed by atoms with Crippen molar-refractivity contribution in [2.45, 2.75) is 13.8 Å². The Morgan fingerprint density at radius 2 is 1.96 bits per heavy atom. The van der Waals surface area contributed by atoms with Crippen molar-refractivity contribution in [1.82, 2.24) is 4.98 Å². The maximum atomic E-state index is 13.1. The number of hydrogen-bond donors (Lipinski definition) is 2. The number of thiazole rings is 1. The van der Waals surface area contributed by atoms with Gasteiger partial charge in [-0.25, -0.2) is 9.37 Å². The molecule has 6 heteroatoms. The van der Waals surface area contributed by atoms with Crippen LogP contribution in [-0.4, -0.2) is 10.7 Å². The van der Waals surface area contributed by atoms with Crippen LogP contribution in [0.2, 0.25) is 0 Å². The number of allylic oxidation sites excluding steroid dienone is 4. The maximum absolute atomic E-state index is 13.1. The summed E-state index contributed by atoms with van der Waals surface area (Å²) in [4.78, 5) is 5.43. The molecule has 1 aromatic heterocycles. The van der Waals surface area contributed by atoms with Gasteiger partial charge in [0.15, 0.2) is 0 Å². The molecule has 26 heavy (non-hydrogen) atoms. The number of benzene rings is 1. The number of hydrogen-bond acceptors (Lipinski definition) is 5. The number of rotatable bonds is 7. The third kappa shape index (κ3) is 5.34. The lowest BCUT2D eigenvalue weighted by Crippen LogP contribution is -1.97. The SMILES string of the molecule is C=C/C(=C\C)CS/C(N)=C/C=C(\N)c1sc(-c2ccc(F)cc2)nc1C. The van der Waals surface area contributed by atoms with Gasteiger partial charge in [0.05, 0.1) is 21.3 Å². The minimum absolute atomic E-state index is 0.266. The van der Waals surface area contributed by atoms with Crippen LogP contribution in [0.3, 0.4) is 0 Å². The summed E-state index contributed by atoms with van der Waals surface area (Å²) < 4.78 is 13.1. The highest BCUT2D eigenvalue weighted by molar-refractivity contribution is 8.03. The van der Waals surface area contributed by atoms with Crippen molar-refractivity contribution in [2.24, 2.45) is 11.5 Å². The van der Waals surface area contributed by atoms with Crippen LogP contribution in [0.5, 0.6) is 0 Å². The number of thioether (sulfide) groups is 1. The fourth-order valence-corrected chi connectivity index (χ4v) is 3.89. The molecule has 2 aromatic rings. The van der Waals surface area contributed by atoms with Gasteiger partial charge in [-0.1, -0.05) is 18.7 Å². The molecule has 0 saturated carbocycles. The number of halogens is 1. The summed E-state index contributed by atoms with van der Waals surface area (Å²) in [5, 5.41) is 1.49. The molecule has 0 atom stereocenters. The van der Waals surface area contributed by atoms with E-state index in [2.05, 4.69) is 11.6 Å². The molecule has 0 bridgehead atoms. The first-order chi connectivity index (χ1) is 12.4. The van der Waals surface area contributed by atoms with Crippen LogP contribution >= 0.6 is 23.1 Å². The van der Waals surface area contributed by atoms with E-state index in [4.69, 9.17) is 11.5 Å². The largest absolute Gasteiger partial charge is 0.398 e. The van der Waals surface area contributed by atoms with E-state index in [1.165, 1.54) is 35.2 Å². The zero-order chi connectivity index (χ0) is 19.1. The summed E-state index contributed by atoms with van der Waals surface area (Å²) in [7, 11) is 0. The molecule has 0 aliphatic heterocycles. The molecule has 0 saturated heterocycles. The van der Waals surface area contributed by atoms with Crippen molar-refractivity contribution in [1.29, 1.82) is 0 Å². The number of nitrogens with zero attached hydrogens (tertiary/aromatic N) is 1. The van der Waals surface area contributed by atoms with E-state index in [0.717, 1.165) is 32.5 Å². The average molecular weight is 388 g/mol. The van der Waals surface area contributed by atoms with Gasteiger partial charge in [-0.2, -0.15) is 0 Å². The Kier molecular flexibility index (Phi) is 7.24. The minimum atomic E-state index is -0.266. The van der Waals surface area contributed by atoms with Crippen LogP contribution in [0.1, 0.15) is 17.5 Å². The van der Waals surface area contributed by atoms with E-state index in [1.807, 2.05) is 26.0 Å². The first-order valence-corrected chi connectivity index (χ1v) is 9.82. The molecule has 0 aliphatic rings. The standard InChI is InChI=1S/C20H22FN3S2/c1-4-14(5-2)12-25-18(23)11-10-17(22)19-13(3)24-20(26-19)15-6-8-16(21)9-7-15/h4-11H,1,12,22-23H2,2-3H3/b14-5+,17-10-,18-11+. The Hall–Kier alpha value is -2.31. The highest BCUT2D eigenvalue weighted by Crippen LogP contribution is 2.31. The fraction of sp³-hybridized carbons (Fsp3) is 0.150. The normalized spacial score (nSPS) is 13.1. The predicted octanol–water partition coefficient (Wildman–Crippen LogP) is 5.22. The van der Waals surface area contributed by atoms with Crippen molar-refractivity contribution in [2.75, 3.05) is 5.75 Å². The number of aryl methyl sites for hydroxylation is 1. The molecule has 4 N–H and O–H groups in total. The average Bonchev–Trinajstić information content (AvgIpc) is 3.03. The predicted molar refractivity (Wildman–Crippen MR) is 113 cm³/mol. The highest BCUT2D eigenvalue weighted by atomic mass is 32.2. The van der Waals surface area contributed by atoms with Crippen molar-refractivity contribution < 1.29 is 4.39 Å². The molecule has 1 aromatic carbocycles. The Morgan fingerprint density at radius 1 is 1.27 bits per heavy atom. The molecule has 0 radical (unpaired) electrons. The lowest BCUT2D eigenvalue weighted by atomic mass is 10.2. The quantitative estimate of drug-likeness (QED) is 0.639. The summed E-state index contributed by atoms with van der Waals surface area (Å²) in [6.45, 7) is 7.64. The van der Waals surface area contributed by atoms with E-state index in [1.54, 1.807) is 24.3 Å². The van der Waals surface area contributed by atoms with Gasteiger partial charge in [0.25, 0.3) is 0 Å². The molecular formula is C20H22FN3S2. The van der Waals surface area contributed by atoms with E-state index < -0.39 is 0 Å². The molecule has 0 amide bonds. The van der Waals surface area contributed by atoms with Gasteiger partial charge in [0, 0.05) is 11.3 Å². The summed E-state index contributed by atoms with van der Waals surface area (Å²) >= 11 is 3.01. The second kappa shape index (κ2) is 9.40.